The summed E-state index contributed by atoms with van der Waals surface area (Å²) in [6.45, 7) is 0.349. The van der Waals surface area contributed by atoms with Gasteiger partial charge in [0.1, 0.15) is 6.54 Å². The summed E-state index contributed by atoms with van der Waals surface area (Å²) in [5.74, 6) is 0.836. The van der Waals surface area contributed by atoms with Crippen LogP contribution < -0.4 is 15.2 Å². The largest absolute Gasteiger partial charge is 0.402 e. The number of thioether (sulfide) groups is 1. The van der Waals surface area contributed by atoms with Crippen LogP contribution in [0.1, 0.15) is 13.3 Å². The van der Waals surface area contributed by atoms with Crippen LogP contribution in [0, 0.1) is 0 Å². The molecule has 0 saturated heterocycles. The minimum Gasteiger partial charge on any atom is -0.397 e. The monoisotopic (exact) mass is 343 g/mol. The van der Waals surface area contributed by atoms with Crippen LogP contribution in [0.5, 0.6) is 0 Å². The molecule has 1 rings (SSSR count). The van der Waals surface area contributed by atoms with E-state index >= 15 is 0 Å². The summed E-state index contributed by atoms with van der Waals surface area (Å²) in [6.07, 6.45) is -3.69. The Morgan fingerprint density at radius 3 is 2.57 bits per heavy atom. The van der Waals surface area contributed by atoms with Crippen LogP contribution in [0.2, 0.25) is 0 Å². The van der Waals surface area contributed by atoms with Crippen molar-refractivity contribution in [2.24, 2.45) is 0 Å². The highest BCUT2D eigenvalue weighted by Gasteiger charge is 2.29. The van der Waals surface area contributed by atoms with E-state index in [1.54, 1.807) is 6.07 Å². The maximum atomic E-state index is 12.0. The standard InChI is InChI=1S/C11H16F3N3O2S2/c1-2-5-20-8-3-4-9(15)10(6-8)17-21(18,19)16-7-11(12,13)14/h3-4,6,16-17H,2,5,7,15H2,1H3. The van der Waals surface area contributed by atoms with E-state index in [9.17, 15) is 21.6 Å². The number of halogens is 3. The summed E-state index contributed by atoms with van der Waals surface area (Å²) >= 11 is 1.50. The number of nitrogens with two attached hydrogens (primary N) is 1. The molecule has 0 aliphatic rings. The SMILES string of the molecule is CCCSc1ccc(N)c(NS(=O)(=O)NCC(F)(F)F)c1. The number of benzene rings is 1. The quantitative estimate of drug-likeness (QED) is 0.525. The van der Waals surface area contributed by atoms with Gasteiger partial charge in [0.25, 0.3) is 10.2 Å². The molecule has 0 heterocycles. The van der Waals surface area contributed by atoms with Crippen LogP contribution in [0.25, 0.3) is 0 Å². The lowest BCUT2D eigenvalue weighted by atomic mass is 10.3. The summed E-state index contributed by atoms with van der Waals surface area (Å²) in [6, 6.07) is 4.71. The van der Waals surface area contributed by atoms with Crippen molar-refractivity contribution in [3.8, 4) is 0 Å². The zero-order valence-electron chi connectivity index (χ0n) is 11.2. The van der Waals surface area contributed by atoms with Gasteiger partial charge in [-0.15, -0.1) is 11.8 Å². The first kappa shape index (κ1) is 17.9. The van der Waals surface area contributed by atoms with Gasteiger partial charge in [0, 0.05) is 4.90 Å². The van der Waals surface area contributed by atoms with Crippen LogP contribution in [0.15, 0.2) is 23.1 Å². The molecule has 0 atom stereocenters. The van der Waals surface area contributed by atoms with E-state index < -0.39 is 22.9 Å². The summed E-state index contributed by atoms with van der Waals surface area (Å²) < 4.78 is 62.6. The number of rotatable bonds is 7. The van der Waals surface area contributed by atoms with E-state index in [0.29, 0.717) is 0 Å². The second kappa shape index (κ2) is 7.23. The molecule has 21 heavy (non-hydrogen) atoms. The van der Waals surface area contributed by atoms with Gasteiger partial charge in [0.05, 0.1) is 11.4 Å². The molecule has 0 fully saturated rings. The molecule has 0 unspecified atom stereocenters. The summed E-state index contributed by atoms with van der Waals surface area (Å²) in [7, 11) is -4.34. The number of hydrogen-bond acceptors (Lipinski definition) is 4. The van der Waals surface area contributed by atoms with Gasteiger partial charge in [-0.3, -0.25) is 4.72 Å². The maximum absolute atomic E-state index is 12.0. The van der Waals surface area contributed by atoms with E-state index in [1.807, 2.05) is 11.6 Å². The first-order valence-corrected chi connectivity index (χ1v) is 8.46. The van der Waals surface area contributed by atoms with E-state index in [2.05, 4.69) is 0 Å². The number of nitrogens with one attached hydrogen (secondary N) is 2. The fraction of sp³-hybridized carbons (Fsp3) is 0.455. The average molecular weight is 343 g/mol. The molecule has 0 amide bonds. The highest BCUT2D eigenvalue weighted by Crippen LogP contribution is 2.27. The Kier molecular flexibility index (Phi) is 6.17. The van der Waals surface area contributed by atoms with Crippen molar-refractivity contribution in [2.75, 3.05) is 22.8 Å². The number of nitrogen functional groups attached to an aromatic ring is 1. The Bertz CT molecular complexity index is 577. The second-order valence-corrected chi connectivity index (χ2v) is 6.81. The first-order chi connectivity index (χ1) is 9.63. The summed E-state index contributed by atoms with van der Waals surface area (Å²) in [5, 5.41) is 0. The lowest BCUT2D eigenvalue weighted by Gasteiger charge is -2.13. The zero-order valence-corrected chi connectivity index (χ0v) is 12.8. The van der Waals surface area contributed by atoms with Crippen molar-refractivity contribution in [3.63, 3.8) is 0 Å². The highest BCUT2D eigenvalue weighted by molar-refractivity contribution is 7.99. The fourth-order valence-electron chi connectivity index (χ4n) is 1.29. The summed E-state index contributed by atoms with van der Waals surface area (Å²) in [5.41, 5.74) is 5.80. The Balaban J connectivity index is 2.81. The molecule has 4 N–H and O–H groups in total. The Labute approximate surface area is 125 Å². The van der Waals surface area contributed by atoms with Crippen LogP contribution in [-0.4, -0.2) is 26.9 Å². The fourth-order valence-corrected chi connectivity index (χ4v) is 2.99. The van der Waals surface area contributed by atoms with Gasteiger partial charge in [-0.1, -0.05) is 6.92 Å². The highest BCUT2D eigenvalue weighted by atomic mass is 32.2. The van der Waals surface area contributed by atoms with Crippen molar-refractivity contribution >= 4 is 33.3 Å². The van der Waals surface area contributed by atoms with Crippen LogP contribution in [0.3, 0.4) is 0 Å². The van der Waals surface area contributed by atoms with Crippen molar-refractivity contribution in [1.29, 1.82) is 0 Å². The van der Waals surface area contributed by atoms with Gasteiger partial charge in [-0.2, -0.15) is 26.3 Å². The molecule has 0 aromatic heterocycles. The molecule has 120 valence electrons. The zero-order chi connectivity index (χ0) is 16.1. The normalized spacial score (nSPS) is 12.4. The van der Waals surface area contributed by atoms with Crippen LogP contribution >= 0.6 is 11.8 Å². The smallest absolute Gasteiger partial charge is 0.397 e. The molecule has 0 saturated carbocycles. The van der Waals surface area contributed by atoms with Gasteiger partial charge >= 0.3 is 6.18 Å². The Morgan fingerprint density at radius 2 is 2.00 bits per heavy atom. The predicted molar refractivity (Wildman–Crippen MR) is 78.5 cm³/mol. The van der Waals surface area contributed by atoms with E-state index in [1.165, 1.54) is 28.6 Å². The van der Waals surface area contributed by atoms with Crippen molar-refractivity contribution in [3.05, 3.63) is 18.2 Å². The molecular weight excluding hydrogens is 327 g/mol. The maximum Gasteiger partial charge on any atom is 0.402 e. The van der Waals surface area contributed by atoms with Crippen molar-refractivity contribution < 1.29 is 21.6 Å². The third kappa shape index (κ3) is 6.91. The third-order valence-corrected chi connectivity index (χ3v) is 4.42. The summed E-state index contributed by atoms with van der Waals surface area (Å²) in [4.78, 5) is 0.777. The first-order valence-electron chi connectivity index (χ1n) is 5.99. The van der Waals surface area contributed by atoms with Gasteiger partial charge in [0.2, 0.25) is 0 Å². The topological polar surface area (TPSA) is 84.2 Å². The molecule has 5 nitrogen and oxygen atoms in total. The van der Waals surface area contributed by atoms with Gasteiger partial charge < -0.3 is 5.73 Å². The lowest BCUT2D eigenvalue weighted by molar-refractivity contribution is -0.121. The average Bonchev–Trinajstić information content (AvgIpc) is 2.36. The number of hydrogen-bond donors (Lipinski definition) is 3. The molecule has 0 aliphatic carbocycles. The number of alkyl halides is 3. The van der Waals surface area contributed by atoms with Crippen LogP contribution in [-0.2, 0) is 10.2 Å². The van der Waals surface area contributed by atoms with Gasteiger partial charge in [-0.25, -0.2) is 0 Å². The minimum absolute atomic E-state index is 0.0470. The molecule has 0 aliphatic heterocycles. The molecule has 0 radical (unpaired) electrons. The molecule has 0 bridgehead atoms. The van der Waals surface area contributed by atoms with E-state index in [-0.39, 0.29) is 11.4 Å². The molecule has 1 aromatic carbocycles. The van der Waals surface area contributed by atoms with Crippen LogP contribution in [0.4, 0.5) is 24.5 Å². The third-order valence-electron chi connectivity index (χ3n) is 2.20. The Hall–Kier alpha value is -1.13. The van der Waals surface area contributed by atoms with Crippen molar-refractivity contribution in [2.45, 2.75) is 24.4 Å². The van der Waals surface area contributed by atoms with E-state index in [4.69, 9.17) is 5.73 Å². The Morgan fingerprint density at radius 1 is 1.33 bits per heavy atom. The second-order valence-electron chi connectivity index (χ2n) is 4.14. The van der Waals surface area contributed by atoms with Crippen molar-refractivity contribution in [1.82, 2.24) is 4.72 Å². The molecule has 0 spiro atoms. The molecule has 10 heteroatoms. The van der Waals surface area contributed by atoms with Gasteiger partial charge in [-0.05, 0) is 30.4 Å². The molecule has 1 aromatic rings. The predicted octanol–water partition coefficient (Wildman–Crippen LogP) is 2.58. The molecular formula is C11H16F3N3O2S2. The lowest BCUT2D eigenvalue weighted by Crippen LogP contribution is -2.37. The minimum atomic E-state index is -4.63. The van der Waals surface area contributed by atoms with Gasteiger partial charge in [0.15, 0.2) is 0 Å². The van der Waals surface area contributed by atoms with E-state index in [0.717, 1.165) is 17.1 Å². The number of anilines is 2.